The van der Waals surface area contributed by atoms with Crippen molar-refractivity contribution in [1.82, 2.24) is 10.2 Å². The molecule has 128 valence electrons. The summed E-state index contributed by atoms with van der Waals surface area (Å²) in [6.07, 6.45) is 2.20. The van der Waals surface area contributed by atoms with E-state index in [0.717, 1.165) is 35.1 Å². The van der Waals surface area contributed by atoms with Crippen LogP contribution in [0.2, 0.25) is 0 Å². The van der Waals surface area contributed by atoms with Gasteiger partial charge in [-0.05, 0) is 38.0 Å². The largest absolute Gasteiger partial charge is 0.496 e. The minimum Gasteiger partial charge on any atom is -0.496 e. The van der Waals surface area contributed by atoms with Gasteiger partial charge in [0, 0.05) is 29.2 Å². The van der Waals surface area contributed by atoms with Crippen LogP contribution in [0.5, 0.6) is 5.75 Å². The summed E-state index contributed by atoms with van der Waals surface area (Å²) in [7, 11) is 1.60. The van der Waals surface area contributed by atoms with Crippen LogP contribution in [0.4, 0.5) is 11.4 Å². The lowest BCUT2D eigenvalue weighted by molar-refractivity contribution is 0.194. The standard InChI is InChI=1S/C20H21N3O2/c1-12-4-5-18-14(8-12)6-7-23(18)19-11-21-22-17-10-20(25-3)15(13(2)24)9-16(17)19/h4-5,8-11,13,24H,6-7H2,1-3H3. The molecule has 0 amide bonds. The first-order valence-corrected chi connectivity index (χ1v) is 8.47. The van der Waals surface area contributed by atoms with Crippen LogP contribution in [-0.4, -0.2) is 29.0 Å². The fourth-order valence-electron chi connectivity index (χ4n) is 3.59. The number of nitrogens with zero attached hydrogens (tertiary/aromatic N) is 3. The van der Waals surface area contributed by atoms with Gasteiger partial charge in [0.1, 0.15) is 5.75 Å². The summed E-state index contributed by atoms with van der Waals surface area (Å²) in [6.45, 7) is 4.77. The molecule has 0 radical (unpaired) electrons. The highest BCUT2D eigenvalue weighted by molar-refractivity contribution is 5.95. The molecular formula is C20H21N3O2. The first-order chi connectivity index (χ1) is 12.1. The third kappa shape index (κ3) is 2.61. The van der Waals surface area contributed by atoms with Crippen LogP contribution in [0.15, 0.2) is 36.5 Å². The van der Waals surface area contributed by atoms with Crippen LogP contribution in [0.3, 0.4) is 0 Å². The number of anilines is 2. The molecule has 2 aromatic carbocycles. The maximum atomic E-state index is 10.1. The average Bonchev–Trinajstić information content (AvgIpc) is 3.02. The van der Waals surface area contributed by atoms with Crippen molar-refractivity contribution in [2.45, 2.75) is 26.4 Å². The van der Waals surface area contributed by atoms with E-state index in [-0.39, 0.29) is 0 Å². The zero-order valence-electron chi connectivity index (χ0n) is 14.7. The minimum atomic E-state index is -0.617. The maximum absolute atomic E-state index is 10.1. The highest BCUT2D eigenvalue weighted by atomic mass is 16.5. The molecule has 5 nitrogen and oxygen atoms in total. The second-order valence-electron chi connectivity index (χ2n) is 6.55. The smallest absolute Gasteiger partial charge is 0.126 e. The van der Waals surface area contributed by atoms with Crippen molar-refractivity contribution < 1.29 is 9.84 Å². The molecule has 0 spiro atoms. The third-order valence-corrected chi connectivity index (χ3v) is 4.84. The molecule has 3 aromatic rings. The molecule has 1 N–H and O–H groups in total. The van der Waals surface area contributed by atoms with Crippen LogP contribution >= 0.6 is 0 Å². The molecule has 0 saturated carbocycles. The van der Waals surface area contributed by atoms with Crippen molar-refractivity contribution in [3.63, 3.8) is 0 Å². The molecule has 1 aliphatic heterocycles. The van der Waals surface area contributed by atoms with E-state index in [9.17, 15) is 5.11 Å². The van der Waals surface area contributed by atoms with E-state index in [1.807, 2.05) is 12.1 Å². The second kappa shape index (κ2) is 6.01. The van der Waals surface area contributed by atoms with Gasteiger partial charge in [0.05, 0.1) is 30.6 Å². The van der Waals surface area contributed by atoms with Crippen molar-refractivity contribution in [1.29, 1.82) is 0 Å². The molecule has 5 heteroatoms. The Labute approximate surface area is 146 Å². The van der Waals surface area contributed by atoms with E-state index in [2.05, 4.69) is 40.2 Å². The number of hydrogen-bond donors (Lipinski definition) is 1. The normalized spacial score (nSPS) is 14.6. The molecule has 0 aliphatic carbocycles. The molecule has 2 heterocycles. The summed E-state index contributed by atoms with van der Waals surface area (Å²) in [4.78, 5) is 2.28. The third-order valence-electron chi connectivity index (χ3n) is 4.84. The van der Waals surface area contributed by atoms with Crippen molar-refractivity contribution in [3.05, 3.63) is 53.2 Å². The van der Waals surface area contributed by atoms with Gasteiger partial charge in [0.25, 0.3) is 0 Å². The Morgan fingerprint density at radius 1 is 1.20 bits per heavy atom. The number of aryl methyl sites for hydroxylation is 1. The van der Waals surface area contributed by atoms with Crippen molar-refractivity contribution in [2.24, 2.45) is 0 Å². The molecule has 0 fully saturated rings. The zero-order valence-corrected chi connectivity index (χ0v) is 14.7. The fourth-order valence-corrected chi connectivity index (χ4v) is 3.59. The topological polar surface area (TPSA) is 58.5 Å². The first-order valence-electron chi connectivity index (χ1n) is 8.47. The summed E-state index contributed by atoms with van der Waals surface area (Å²) >= 11 is 0. The molecule has 25 heavy (non-hydrogen) atoms. The highest BCUT2D eigenvalue weighted by Crippen LogP contribution is 2.39. The van der Waals surface area contributed by atoms with Gasteiger partial charge in [-0.3, -0.25) is 0 Å². The molecule has 1 unspecified atom stereocenters. The molecular weight excluding hydrogens is 314 g/mol. The van der Waals surface area contributed by atoms with E-state index in [0.29, 0.717) is 5.75 Å². The average molecular weight is 335 g/mol. The molecule has 1 aliphatic rings. The van der Waals surface area contributed by atoms with E-state index >= 15 is 0 Å². The summed E-state index contributed by atoms with van der Waals surface area (Å²) in [5.74, 6) is 0.631. The number of rotatable bonds is 3. The summed E-state index contributed by atoms with van der Waals surface area (Å²) < 4.78 is 5.41. The van der Waals surface area contributed by atoms with Crippen LogP contribution in [-0.2, 0) is 6.42 Å². The van der Waals surface area contributed by atoms with Gasteiger partial charge in [-0.25, -0.2) is 0 Å². The lowest BCUT2D eigenvalue weighted by atomic mass is 10.0. The Kier molecular flexibility index (Phi) is 3.81. The van der Waals surface area contributed by atoms with Crippen molar-refractivity contribution in [2.75, 3.05) is 18.6 Å². The van der Waals surface area contributed by atoms with Gasteiger partial charge in [-0.15, -0.1) is 0 Å². The van der Waals surface area contributed by atoms with Crippen LogP contribution in [0.1, 0.15) is 29.7 Å². The number of aliphatic hydroxyl groups is 1. The Morgan fingerprint density at radius 2 is 2.04 bits per heavy atom. The predicted molar refractivity (Wildman–Crippen MR) is 98.6 cm³/mol. The van der Waals surface area contributed by atoms with Crippen LogP contribution < -0.4 is 9.64 Å². The van der Waals surface area contributed by atoms with Crippen LogP contribution in [0, 0.1) is 6.92 Å². The molecule has 0 saturated heterocycles. The van der Waals surface area contributed by atoms with Gasteiger partial charge in [0.15, 0.2) is 0 Å². The van der Waals surface area contributed by atoms with Crippen molar-refractivity contribution >= 4 is 22.3 Å². The van der Waals surface area contributed by atoms with E-state index in [1.165, 1.54) is 16.8 Å². The first kappa shape index (κ1) is 15.8. The number of methoxy groups -OCH3 is 1. The Bertz CT molecular complexity index is 953. The summed E-state index contributed by atoms with van der Waals surface area (Å²) in [6, 6.07) is 10.4. The van der Waals surface area contributed by atoms with E-state index in [1.54, 1.807) is 20.2 Å². The van der Waals surface area contributed by atoms with Crippen LogP contribution in [0.25, 0.3) is 10.9 Å². The second-order valence-corrected chi connectivity index (χ2v) is 6.55. The van der Waals surface area contributed by atoms with E-state index < -0.39 is 6.10 Å². The summed E-state index contributed by atoms with van der Waals surface area (Å²) in [5.41, 5.74) is 6.38. The minimum absolute atomic E-state index is 0.617. The van der Waals surface area contributed by atoms with Gasteiger partial charge in [-0.2, -0.15) is 10.2 Å². The molecule has 1 atom stereocenters. The number of fused-ring (bicyclic) bond motifs is 2. The van der Waals surface area contributed by atoms with Gasteiger partial charge >= 0.3 is 0 Å². The molecule has 1 aromatic heterocycles. The SMILES string of the molecule is COc1cc2nncc(N3CCc4cc(C)ccc43)c2cc1C(C)O. The predicted octanol–water partition coefficient (Wildman–Crippen LogP) is 3.69. The monoisotopic (exact) mass is 335 g/mol. The lowest BCUT2D eigenvalue weighted by Crippen LogP contribution is -2.14. The number of ether oxygens (including phenoxy) is 1. The Morgan fingerprint density at radius 3 is 2.80 bits per heavy atom. The maximum Gasteiger partial charge on any atom is 0.126 e. The lowest BCUT2D eigenvalue weighted by Gasteiger charge is -2.22. The van der Waals surface area contributed by atoms with E-state index in [4.69, 9.17) is 4.74 Å². The van der Waals surface area contributed by atoms with Gasteiger partial charge in [-0.1, -0.05) is 17.7 Å². The number of hydrogen-bond acceptors (Lipinski definition) is 5. The summed E-state index contributed by atoms with van der Waals surface area (Å²) in [5, 5.41) is 19.5. The fraction of sp³-hybridized carbons (Fsp3) is 0.300. The molecule has 4 rings (SSSR count). The number of aromatic nitrogens is 2. The number of benzene rings is 2. The van der Waals surface area contributed by atoms with Gasteiger partial charge < -0.3 is 14.7 Å². The Balaban J connectivity index is 1.90. The highest BCUT2D eigenvalue weighted by Gasteiger charge is 2.23. The zero-order chi connectivity index (χ0) is 17.6. The van der Waals surface area contributed by atoms with Gasteiger partial charge in [0.2, 0.25) is 0 Å². The van der Waals surface area contributed by atoms with Crippen molar-refractivity contribution in [3.8, 4) is 5.75 Å². The number of aliphatic hydroxyl groups excluding tert-OH is 1. The quantitative estimate of drug-likeness (QED) is 0.791. The Hall–Kier alpha value is -2.66. The molecule has 0 bridgehead atoms.